The second-order valence-corrected chi connectivity index (χ2v) is 3.24. The van der Waals surface area contributed by atoms with Gasteiger partial charge in [0, 0.05) is 12.1 Å². The molecule has 0 atom stereocenters. The normalized spacial score (nSPS) is 9.59. The van der Waals surface area contributed by atoms with Gasteiger partial charge in [0.15, 0.2) is 5.78 Å². The molecule has 0 saturated heterocycles. The number of benzene rings is 1. The summed E-state index contributed by atoms with van der Waals surface area (Å²) in [7, 11) is 2.79. The molecule has 1 aromatic carbocycles. The highest BCUT2D eigenvalue weighted by Gasteiger charge is 2.17. The summed E-state index contributed by atoms with van der Waals surface area (Å²) in [5.74, 6) is 0.307. The third kappa shape index (κ3) is 2.87. The molecule has 6 heteroatoms. The number of ketones is 1. The fourth-order valence-electron chi connectivity index (χ4n) is 1.45. The maximum absolute atomic E-state index is 11.4. The molecule has 1 amide bonds. The van der Waals surface area contributed by atoms with Crippen LogP contribution in [-0.2, 0) is 0 Å². The van der Waals surface area contributed by atoms with Crippen molar-refractivity contribution in [2.24, 2.45) is 0 Å². The van der Waals surface area contributed by atoms with Crippen molar-refractivity contribution < 1.29 is 24.2 Å². The number of carbonyl (C=O) groups is 2. The highest BCUT2D eigenvalue weighted by molar-refractivity contribution is 6.01. The zero-order valence-corrected chi connectivity index (χ0v) is 9.73. The van der Waals surface area contributed by atoms with Crippen LogP contribution in [0.5, 0.6) is 11.5 Å². The van der Waals surface area contributed by atoms with Crippen LogP contribution in [0.3, 0.4) is 0 Å². The van der Waals surface area contributed by atoms with Crippen molar-refractivity contribution in [1.29, 1.82) is 0 Å². The predicted octanol–water partition coefficient (Wildman–Crippen LogP) is 2.00. The van der Waals surface area contributed by atoms with E-state index in [0.29, 0.717) is 0 Å². The Morgan fingerprint density at radius 1 is 1.18 bits per heavy atom. The van der Waals surface area contributed by atoms with E-state index < -0.39 is 6.09 Å². The van der Waals surface area contributed by atoms with Gasteiger partial charge in [-0.2, -0.15) is 0 Å². The predicted molar refractivity (Wildman–Crippen MR) is 61.2 cm³/mol. The van der Waals surface area contributed by atoms with Crippen LogP contribution in [0.15, 0.2) is 12.1 Å². The molecule has 1 aromatic rings. The van der Waals surface area contributed by atoms with E-state index in [2.05, 4.69) is 5.32 Å². The molecule has 0 aliphatic rings. The van der Waals surface area contributed by atoms with Crippen LogP contribution in [-0.4, -0.2) is 31.2 Å². The first-order chi connectivity index (χ1) is 7.99. The highest BCUT2D eigenvalue weighted by Crippen LogP contribution is 2.33. The Kier molecular flexibility index (Phi) is 3.92. The molecule has 0 spiro atoms. The van der Waals surface area contributed by atoms with Gasteiger partial charge >= 0.3 is 6.09 Å². The Bertz CT molecular complexity index is 430. The Morgan fingerprint density at radius 3 is 1.94 bits per heavy atom. The van der Waals surface area contributed by atoms with Gasteiger partial charge in [-0.1, -0.05) is 0 Å². The van der Waals surface area contributed by atoms with Crippen molar-refractivity contribution in [2.75, 3.05) is 19.5 Å². The Balaban J connectivity index is 3.33. The molecule has 0 saturated carbocycles. The number of ether oxygens (including phenoxy) is 2. The van der Waals surface area contributed by atoms with Gasteiger partial charge in [0.05, 0.1) is 19.9 Å². The van der Waals surface area contributed by atoms with Crippen LogP contribution in [0.4, 0.5) is 10.5 Å². The fraction of sp³-hybridized carbons (Fsp3) is 0.273. The monoisotopic (exact) mass is 239 g/mol. The first-order valence-electron chi connectivity index (χ1n) is 4.76. The summed E-state index contributed by atoms with van der Waals surface area (Å²) in [5.41, 5.74) is 0.558. The second kappa shape index (κ2) is 5.20. The summed E-state index contributed by atoms with van der Waals surface area (Å²) in [6.07, 6.45) is -1.20. The molecular formula is C11H13NO5. The number of hydrogen-bond acceptors (Lipinski definition) is 4. The number of amides is 1. The maximum Gasteiger partial charge on any atom is 0.409 e. The van der Waals surface area contributed by atoms with Crippen LogP contribution >= 0.6 is 0 Å². The van der Waals surface area contributed by atoms with Gasteiger partial charge in [-0.05, 0) is 6.92 Å². The number of Topliss-reactive ketones (excluding diaryl/α,β-unsaturated/α-hetero) is 1. The van der Waals surface area contributed by atoms with E-state index in [9.17, 15) is 9.59 Å². The molecule has 6 nitrogen and oxygen atoms in total. The summed E-state index contributed by atoms with van der Waals surface area (Å²) in [4.78, 5) is 22.0. The number of carbonyl (C=O) groups excluding carboxylic acids is 1. The second-order valence-electron chi connectivity index (χ2n) is 3.24. The summed E-state index contributed by atoms with van der Waals surface area (Å²) >= 11 is 0. The molecule has 2 N–H and O–H groups in total. The van der Waals surface area contributed by atoms with Crippen molar-refractivity contribution >= 4 is 17.6 Å². The first-order valence-corrected chi connectivity index (χ1v) is 4.76. The van der Waals surface area contributed by atoms with E-state index in [-0.39, 0.29) is 28.5 Å². The first kappa shape index (κ1) is 12.8. The number of carboxylic acid groups (broad SMARTS) is 1. The number of methoxy groups -OCH3 is 2. The smallest absolute Gasteiger partial charge is 0.409 e. The molecule has 92 valence electrons. The van der Waals surface area contributed by atoms with Gasteiger partial charge in [0.25, 0.3) is 0 Å². The van der Waals surface area contributed by atoms with Gasteiger partial charge < -0.3 is 14.6 Å². The van der Waals surface area contributed by atoms with Gasteiger partial charge in [0.1, 0.15) is 17.1 Å². The Morgan fingerprint density at radius 2 is 1.65 bits per heavy atom. The van der Waals surface area contributed by atoms with Crippen molar-refractivity contribution in [3.8, 4) is 11.5 Å². The third-order valence-corrected chi connectivity index (χ3v) is 2.11. The van der Waals surface area contributed by atoms with Crippen LogP contribution in [0.2, 0.25) is 0 Å². The van der Waals surface area contributed by atoms with E-state index in [1.807, 2.05) is 0 Å². The molecule has 0 aliphatic carbocycles. The zero-order valence-electron chi connectivity index (χ0n) is 9.73. The van der Waals surface area contributed by atoms with Gasteiger partial charge in [0.2, 0.25) is 0 Å². The lowest BCUT2D eigenvalue weighted by Gasteiger charge is -2.13. The number of anilines is 1. The van der Waals surface area contributed by atoms with Gasteiger partial charge in [-0.25, -0.2) is 4.79 Å². The Hall–Kier alpha value is -2.24. The average Bonchev–Trinajstić information content (AvgIpc) is 2.26. The van der Waals surface area contributed by atoms with Crippen LogP contribution in [0, 0.1) is 0 Å². The molecular weight excluding hydrogens is 226 g/mol. The molecule has 0 bridgehead atoms. The molecule has 0 radical (unpaired) electrons. The quantitative estimate of drug-likeness (QED) is 0.785. The number of hydrogen-bond donors (Lipinski definition) is 2. The molecule has 0 unspecified atom stereocenters. The molecule has 0 heterocycles. The van der Waals surface area contributed by atoms with Crippen molar-refractivity contribution in [3.05, 3.63) is 17.7 Å². The molecule has 0 aromatic heterocycles. The third-order valence-electron chi connectivity index (χ3n) is 2.11. The topological polar surface area (TPSA) is 84.9 Å². The maximum atomic E-state index is 11.4. The van der Waals surface area contributed by atoms with E-state index >= 15 is 0 Å². The number of rotatable bonds is 4. The summed E-state index contributed by atoms with van der Waals surface area (Å²) < 4.78 is 10.1. The average molecular weight is 239 g/mol. The fourth-order valence-corrected chi connectivity index (χ4v) is 1.45. The van der Waals surface area contributed by atoms with Crippen LogP contribution in [0.25, 0.3) is 0 Å². The van der Waals surface area contributed by atoms with Gasteiger partial charge in [-0.15, -0.1) is 0 Å². The zero-order chi connectivity index (χ0) is 13.0. The Labute approximate surface area is 98.2 Å². The summed E-state index contributed by atoms with van der Waals surface area (Å²) in [5, 5.41) is 10.8. The standard InChI is InChI=1S/C11H13NO5/c1-6(13)10-8(16-2)4-7(12-11(14)15)5-9(10)17-3/h4-5,12H,1-3H3,(H,14,15). The molecule has 0 fully saturated rings. The van der Waals surface area contributed by atoms with E-state index in [0.717, 1.165) is 0 Å². The molecule has 0 aliphatic heterocycles. The van der Waals surface area contributed by atoms with E-state index in [1.54, 1.807) is 0 Å². The largest absolute Gasteiger partial charge is 0.496 e. The minimum absolute atomic E-state index is 0.222. The minimum atomic E-state index is -1.20. The lowest BCUT2D eigenvalue weighted by molar-refractivity contribution is 0.101. The van der Waals surface area contributed by atoms with E-state index in [4.69, 9.17) is 14.6 Å². The van der Waals surface area contributed by atoms with Crippen LogP contribution < -0.4 is 14.8 Å². The summed E-state index contributed by atoms with van der Waals surface area (Å²) in [6.45, 7) is 1.38. The summed E-state index contributed by atoms with van der Waals surface area (Å²) in [6, 6.07) is 2.85. The van der Waals surface area contributed by atoms with Crippen molar-refractivity contribution in [3.63, 3.8) is 0 Å². The molecule has 1 rings (SSSR count). The van der Waals surface area contributed by atoms with Gasteiger partial charge in [-0.3, -0.25) is 10.1 Å². The van der Waals surface area contributed by atoms with Crippen molar-refractivity contribution in [2.45, 2.75) is 6.92 Å². The SMILES string of the molecule is COc1cc(NC(=O)O)cc(OC)c1C(C)=O. The van der Waals surface area contributed by atoms with Crippen molar-refractivity contribution in [1.82, 2.24) is 0 Å². The molecule has 17 heavy (non-hydrogen) atoms. The lowest BCUT2D eigenvalue weighted by atomic mass is 10.1. The highest BCUT2D eigenvalue weighted by atomic mass is 16.5. The minimum Gasteiger partial charge on any atom is -0.496 e. The van der Waals surface area contributed by atoms with E-state index in [1.165, 1.54) is 33.3 Å². The lowest BCUT2D eigenvalue weighted by Crippen LogP contribution is -2.09. The number of nitrogens with one attached hydrogen (secondary N) is 1. The van der Waals surface area contributed by atoms with Crippen LogP contribution in [0.1, 0.15) is 17.3 Å².